The molecule has 2 heterocycles. The number of nitrogens with two attached hydrogens (primary N) is 1. The van der Waals surface area contributed by atoms with Gasteiger partial charge in [0.1, 0.15) is 0 Å². The summed E-state index contributed by atoms with van der Waals surface area (Å²) in [6, 6.07) is 9.42. The molecule has 158 valence electrons. The number of nitrogens with zero attached hydrogens (tertiary/aromatic N) is 4. The zero-order valence-electron chi connectivity index (χ0n) is 16.5. The first-order chi connectivity index (χ1) is 14.3. The number of thioether (sulfide) groups is 1. The highest BCUT2D eigenvalue weighted by molar-refractivity contribution is 8.00. The molecule has 11 heteroatoms. The molecule has 0 spiro atoms. The summed E-state index contributed by atoms with van der Waals surface area (Å²) in [4.78, 5) is 16.6. The van der Waals surface area contributed by atoms with E-state index in [1.807, 2.05) is 16.7 Å². The van der Waals surface area contributed by atoms with Gasteiger partial charge in [0.25, 0.3) is 0 Å². The fraction of sp³-hybridized carbons (Fsp3) is 0.263. The Hall–Kier alpha value is -2.76. The van der Waals surface area contributed by atoms with Gasteiger partial charge in [-0.1, -0.05) is 18.7 Å². The molecule has 0 fully saturated rings. The number of primary sulfonamides is 1. The molecule has 3 rings (SSSR count). The Morgan fingerprint density at radius 3 is 2.43 bits per heavy atom. The lowest BCUT2D eigenvalue weighted by Gasteiger charge is -2.13. The van der Waals surface area contributed by atoms with Crippen LogP contribution in [0.15, 0.2) is 58.8 Å². The molecular weight excluding hydrogens is 424 g/mol. The third-order valence-corrected chi connectivity index (χ3v) is 6.21. The van der Waals surface area contributed by atoms with E-state index < -0.39 is 15.3 Å². The van der Waals surface area contributed by atoms with Crippen LogP contribution in [0, 0.1) is 0 Å². The number of rotatable bonds is 8. The first-order valence-corrected chi connectivity index (χ1v) is 11.7. The van der Waals surface area contributed by atoms with E-state index in [-0.39, 0.29) is 10.8 Å². The average Bonchev–Trinajstić information content (AvgIpc) is 3.11. The number of aromatic nitrogens is 4. The minimum atomic E-state index is -3.77. The third-order valence-electron chi connectivity index (χ3n) is 4.20. The van der Waals surface area contributed by atoms with Crippen LogP contribution in [0.3, 0.4) is 0 Å². The normalized spacial score (nSPS) is 12.5. The molecule has 30 heavy (non-hydrogen) atoms. The number of hydrogen-bond donors (Lipinski definition) is 2. The number of nitrogens with one attached hydrogen (secondary N) is 1. The Kier molecular flexibility index (Phi) is 6.85. The fourth-order valence-corrected chi connectivity index (χ4v) is 4.09. The van der Waals surface area contributed by atoms with Gasteiger partial charge in [-0.05, 0) is 49.7 Å². The van der Waals surface area contributed by atoms with Crippen LogP contribution in [0.5, 0.6) is 0 Å². The number of carbonyl (C=O) groups excluding carboxylic acids is 1. The van der Waals surface area contributed by atoms with Crippen LogP contribution in [-0.4, -0.2) is 39.3 Å². The van der Waals surface area contributed by atoms with Crippen molar-refractivity contribution in [2.45, 2.75) is 42.1 Å². The lowest BCUT2D eigenvalue weighted by atomic mass is 10.2. The molecule has 0 aliphatic rings. The number of anilines is 1. The molecule has 3 N–H and O–H groups in total. The van der Waals surface area contributed by atoms with Crippen molar-refractivity contribution in [3.63, 3.8) is 0 Å². The summed E-state index contributed by atoms with van der Waals surface area (Å²) in [5, 5.41) is 16.6. The quantitative estimate of drug-likeness (QED) is 0.508. The van der Waals surface area contributed by atoms with Crippen molar-refractivity contribution in [1.82, 2.24) is 19.7 Å². The largest absolute Gasteiger partial charge is 0.325 e. The van der Waals surface area contributed by atoms with E-state index in [2.05, 4.69) is 27.4 Å². The zero-order chi connectivity index (χ0) is 21.7. The molecule has 1 aromatic carbocycles. The van der Waals surface area contributed by atoms with Crippen LogP contribution in [0.1, 0.15) is 20.3 Å². The van der Waals surface area contributed by atoms with E-state index in [0.29, 0.717) is 10.8 Å². The number of amides is 1. The van der Waals surface area contributed by atoms with Crippen molar-refractivity contribution in [2.24, 2.45) is 5.14 Å². The predicted molar refractivity (Wildman–Crippen MR) is 115 cm³/mol. The summed E-state index contributed by atoms with van der Waals surface area (Å²) in [5.41, 5.74) is 1.39. The number of carbonyl (C=O) groups is 1. The molecule has 0 saturated carbocycles. The van der Waals surface area contributed by atoms with Gasteiger partial charge < -0.3 is 9.88 Å². The maximum atomic E-state index is 12.6. The van der Waals surface area contributed by atoms with Crippen LogP contribution >= 0.6 is 11.8 Å². The SMILES string of the molecule is CCCn1c(SC(C)C(=O)Nc2ccc(S(N)(=O)=O)cc2)nnc1-c1ccncc1. The molecule has 0 bridgehead atoms. The van der Waals surface area contributed by atoms with Gasteiger partial charge in [-0.25, -0.2) is 13.6 Å². The summed E-state index contributed by atoms with van der Waals surface area (Å²) in [7, 11) is -3.77. The maximum absolute atomic E-state index is 12.6. The van der Waals surface area contributed by atoms with Gasteiger partial charge >= 0.3 is 0 Å². The summed E-state index contributed by atoms with van der Waals surface area (Å²) < 4.78 is 24.7. The highest BCUT2D eigenvalue weighted by atomic mass is 32.2. The van der Waals surface area contributed by atoms with Crippen LogP contribution in [0.2, 0.25) is 0 Å². The van der Waals surface area contributed by atoms with Gasteiger partial charge in [0.2, 0.25) is 15.9 Å². The minimum Gasteiger partial charge on any atom is -0.325 e. The van der Waals surface area contributed by atoms with E-state index in [9.17, 15) is 13.2 Å². The summed E-state index contributed by atoms with van der Waals surface area (Å²) in [6.07, 6.45) is 4.29. The van der Waals surface area contributed by atoms with Gasteiger partial charge in [-0.15, -0.1) is 10.2 Å². The van der Waals surface area contributed by atoms with Gasteiger partial charge in [0.05, 0.1) is 10.1 Å². The zero-order valence-corrected chi connectivity index (χ0v) is 18.2. The van der Waals surface area contributed by atoms with Gasteiger partial charge in [-0.3, -0.25) is 9.78 Å². The standard InChI is InChI=1S/C19H22N6O3S2/c1-3-12-25-17(14-8-10-21-11-9-14)23-24-19(25)29-13(2)18(26)22-15-4-6-16(7-5-15)30(20,27)28/h4-11,13H,3,12H2,1-2H3,(H,22,26)(H2,20,27,28). The second-order valence-corrected chi connectivity index (χ2v) is 9.38. The second-order valence-electron chi connectivity index (χ2n) is 6.51. The van der Waals surface area contributed by atoms with E-state index in [1.54, 1.807) is 19.3 Å². The molecule has 1 unspecified atom stereocenters. The summed E-state index contributed by atoms with van der Waals surface area (Å²) in [5.74, 6) is 0.493. The van der Waals surface area contributed by atoms with Crippen molar-refractivity contribution < 1.29 is 13.2 Å². The molecule has 0 radical (unpaired) electrons. The molecule has 0 saturated heterocycles. The monoisotopic (exact) mass is 446 g/mol. The summed E-state index contributed by atoms with van der Waals surface area (Å²) >= 11 is 1.31. The molecule has 0 aliphatic carbocycles. The Morgan fingerprint density at radius 2 is 1.83 bits per heavy atom. The summed E-state index contributed by atoms with van der Waals surface area (Å²) in [6.45, 7) is 4.55. The predicted octanol–water partition coefficient (Wildman–Crippen LogP) is 2.52. The Bertz CT molecular complexity index is 1110. The first-order valence-electron chi connectivity index (χ1n) is 9.23. The number of benzene rings is 1. The lowest BCUT2D eigenvalue weighted by molar-refractivity contribution is -0.115. The smallest absolute Gasteiger partial charge is 0.238 e. The van der Waals surface area contributed by atoms with Crippen LogP contribution < -0.4 is 10.5 Å². The topological polar surface area (TPSA) is 133 Å². The van der Waals surface area contributed by atoms with Crippen LogP contribution in [-0.2, 0) is 21.4 Å². The Balaban J connectivity index is 1.73. The minimum absolute atomic E-state index is 0.0146. The van der Waals surface area contributed by atoms with E-state index in [0.717, 1.165) is 24.4 Å². The highest BCUT2D eigenvalue weighted by Gasteiger charge is 2.21. The molecular formula is C19H22N6O3S2. The van der Waals surface area contributed by atoms with Crippen molar-refractivity contribution in [1.29, 1.82) is 0 Å². The first kappa shape index (κ1) is 21.9. The molecule has 1 atom stereocenters. The molecule has 3 aromatic rings. The van der Waals surface area contributed by atoms with E-state index in [4.69, 9.17) is 5.14 Å². The molecule has 9 nitrogen and oxygen atoms in total. The molecule has 2 aromatic heterocycles. The van der Waals surface area contributed by atoms with Crippen molar-refractivity contribution in [3.8, 4) is 11.4 Å². The molecule has 0 aliphatic heterocycles. The number of pyridine rings is 1. The van der Waals surface area contributed by atoms with Crippen molar-refractivity contribution >= 4 is 33.4 Å². The van der Waals surface area contributed by atoms with Gasteiger partial charge in [-0.2, -0.15) is 0 Å². The highest BCUT2D eigenvalue weighted by Crippen LogP contribution is 2.27. The Labute approximate surface area is 179 Å². The van der Waals surface area contributed by atoms with Gasteiger partial charge in [0, 0.05) is 30.2 Å². The van der Waals surface area contributed by atoms with E-state index >= 15 is 0 Å². The second kappa shape index (κ2) is 9.37. The molecule has 1 amide bonds. The maximum Gasteiger partial charge on any atom is 0.238 e. The van der Waals surface area contributed by atoms with Crippen molar-refractivity contribution in [2.75, 3.05) is 5.32 Å². The van der Waals surface area contributed by atoms with Crippen LogP contribution in [0.25, 0.3) is 11.4 Å². The Morgan fingerprint density at radius 1 is 1.17 bits per heavy atom. The number of hydrogen-bond acceptors (Lipinski definition) is 7. The average molecular weight is 447 g/mol. The van der Waals surface area contributed by atoms with Crippen LogP contribution in [0.4, 0.5) is 5.69 Å². The fourth-order valence-electron chi connectivity index (χ4n) is 2.70. The lowest BCUT2D eigenvalue weighted by Crippen LogP contribution is -2.23. The number of sulfonamides is 1. The third kappa shape index (κ3) is 5.23. The van der Waals surface area contributed by atoms with E-state index in [1.165, 1.54) is 36.0 Å². The van der Waals surface area contributed by atoms with Gasteiger partial charge in [0.15, 0.2) is 11.0 Å². The van der Waals surface area contributed by atoms with Crippen molar-refractivity contribution in [3.05, 3.63) is 48.8 Å².